The van der Waals surface area contributed by atoms with Crippen molar-refractivity contribution in [2.45, 2.75) is 341 Å². The van der Waals surface area contributed by atoms with E-state index in [9.17, 15) is 19.8 Å². The number of hydrogen-bond acceptors (Lipinski definition) is 5. The molecule has 416 valence electrons. The van der Waals surface area contributed by atoms with Crippen LogP contribution in [0.3, 0.4) is 0 Å². The van der Waals surface area contributed by atoms with Gasteiger partial charge in [0.25, 0.3) is 0 Å². The van der Waals surface area contributed by atoms with Crippen molar-refractivity contribution in [2.24, 2.45) is 0 Å². The van der Waals surface area contributed by atoms with E-state index >= 15 is 0 Å². The number of amides is 1. The normalized spacial score (nSPS) is 12.9. The summed E-state index contributed by atoms with van der Waals surface area (Å²) < 4.78 is 5.47. The minimum atomic E-state index is -0.853. The molecular weight excluding hydrogens is 875 g/mol. The van der Waals surface area contributed by atoms with Crippen LogP contribution in [0.5, 0.6) is 0 Å². The third-order valence-corrected chi connectivity index (χ3v) is 14.3. The maximum absolute atomic E-state index is 12.5. The number of nitrogens with one attached hydrogen (secondary N) is 1. The van der Waals surface area contributed by atoms with E-state index in [1.54, 1.807) is 6.08 Å². The quantitative estimate of drug-likeness (QED) is 0.0321. The number of carbonyl (C=O) groups excluding carboxylic acids is 2. The Bertz CT molecular complexity index is 1190. The van der Waals surface area contributed by atoms with E-state index < -0.39 is 12.1 Å². The molecule has 0 saturated heterocycles. The Hall–Kier alpha value is -2.18. The van der Waals surface area contributed by atoms with Crippen LogP contribution in [-0.2, 0) is 14.3 Å². The topological polar surface area (TPSA) is 95.9 Å². The number of aliphatic hydroxyl groups excluding tert-OH is 2. The van der Waals surface area contributed by atoms with Crippen LogP contribution in [0, 0.1) is 0 Å². The van der Waals surface area contributed by atoms with Crippen LogP contribution >= 0.6 is 0 Å². The number of allylic oxidation sites excluding steroid dienone is 7. The van der Waals surface area contributed by atoms with Crippen molar-refractivity contribution in [3.63, 3.8) is 0 Å². The van der Waals surface area contributed by atoms with E-state index in [1.165, 1.54) is 238 Å². The highest BCUT2D eigenvalue weighted by Gasteiger charge is 2.18. The Labute approximate surface area is 442 Å². The van der Waals surface area contributed by atoms with E-state index in [0.29, 0.717) is 19.4 Å². The fourth-order valence-corrected chi connectivity index (χ4v) is 9.47. The van der Waals surface area contributed by atoms with Crippen molar-refractivity contribution in [1.29, 1.82) is 0 Å². The molecule has 0 spiro atoms. The molecule has 3 N–H and O–H groups in total. The fourth-order valence-electron chi connectivity index (χ4n) is 9.47. The molecule has 0 rings (SSSR count). The molecule has 0 aromatic rings. The van der Waals surface area contributed by atoms with E-state index in [4.69, 9.17) is 4.74 Å². The minimum Gasteiger partial charge on any atom is -0.466 e. The molecule has 6 heteroatoms. The van der Waals surface area contributed by atoms with Crippen LogP contribution in [0.25, 0.3) is 0 Å². The Morgan fingerprint density at radius 1 is 0.394 bits per heavy atom. The summed E-state index contributed by atoms with van der Waals surface area (Å²) in [4.78, 5) is 24.5. The first-order valence-corrected chi connectivity index (χ1v) is 31.4. The number of unbranched alkanes of at least 4 members (excludes halogenated alkanes) is 41. The van der Waals surface area contributed by atoms with E-state index in [2.05, 4.69) is 55.6 Å². The number of ether oxygens (including phenoxy) is 1. The van der Waals surface area contributed by atoms with Crippen molar-refractivity contribution in [3.8, 4) is 0 Å². The summed E-state index contributed by atoms with van der Waals surface area (Å²) in [6.45, 7) is 4.86. The molecule has 0 aromatic heterocycles. The summed E-state index contributed by atoms with van der Waals surface area (Å²) in [6.07, 6.45) is 77.2. The van der Waals surface area contributed by atoms with Gasteiger partial charge in [-0.15, -0.1) is 0 Å². The zero-order chi connectivity index (χ0) is 51.4. The molecule has 0 aromatic carbocycles. The van der Waals surface area contributed by atoms with Crippen LogP contribution in [0.4, 0.5) is 0 Å². The van der Waals surface area contributed by atoms with Crippen LogP contribution < -0.4 is 5.32 Å². The lowest BCUT2D eigenvalue weighted by Crippen LogP contribution is -2.45. The maximum Gasteiger partial charge on any atom is 0.305 e. The first kappa shape index (κ1) is 68.8. The Morgan fingerprint density at radius 3 is 1.13 bits per heavy atom. The summed E-state index contributed by atoms with van der Waals surface area (Å²) in [5.41, 5.74) is 0. The van der Waals surface area contributed by atoms with Gasteiger partial charge < -0.3 is 20.3 Å². The monoisotopic (exact) mass is 996 g/mol. The second-order valence-electron chi connectivity index (χ2n) is 21.4. The number of aliphatic hydroxyl groups is 2. The predicted molar refractivity (Wildman–Crippen MR) is 310 cm³/mol. The zero-order valence-electron chi connectivity index (χ0n) is 47.5. The first-order chi connectivity index (χ1) is 35.0. The summed E-state index contributed by atoms with van der Waals surface area (Å²) in [7, 11) is 0. The Balaban J connectivity index is 3.48. The van der Waals surface area contributed by atoms with E-state index in [-0.39, 0.29) is 18.5 Å². The zero-order valence-corrected chi connectivity index (χ0v) is 47.5. The highest BCUT2D eigenvalue weighted by molar-refractivity contribution is 5.76. The molecule has 1 amide bonds. The van der Waals surface area contributed by atoms with Gasteiger partial charge in [0.15, 0.2) is 0 Å². The van der Waals surface area contributed by atoms with Gasteiger partial charge in [0.1, 0.15) is 0 Å². The van der Waals surface area contributed by atoms with Crippen molar-refractivity contribution >= 4 is 11.9 Å². The Morgan fingerprint density at radius 2 is 0.718 bits per heavy atom. The van der Waals surface area contributed by atoms with Crippen LogP contribution in [0.1, 0.15) is 328 Å². The largest absolute Gasteiger partial charge is 0.466 e. The molecule has 0 heterocycles. The van der Waals surface area contributed by atoms with Crippen LogP contribution in [-0.4, -0.2) is 47.4 Å². The third-order valence-electron chi connectivity index (χ3n) is 14.3. The third kappa shape index (κ3) is 57.0. The predicted octanol–water partition coefficient (Wildman–Crippen LogP) is 19.7. The average Bonchev–Trinajstić information content (AvgIpc) is 3.37. The molecule has 0 bridgehead atoms. The van der Waals surface area contributed by atoms with Gasteiger partial charge in [0.2, 0.25) is 5.91 Å². The molecule has 2 unspecified atom stereocenters. The van der Waals surface area contributed by atoms with Gasteiger partial charge in [-0.25, -0.2) is 0 Å². The average molecular weight is 997 g/mol. The fraction of sp³-hybridized carbons (Fsp3) is 0.846. The minimum absolute atomic E-state index is 0.0116. The lowest BCUT2D eigenvalue weighted by molar-refractivity contribution is -0.143. The highest BCUT2D eigenvalue weighted by atomic mass is 16.5. The summed E-state index contributed by atoms with van der Waals surface area (Å²) in [6, 6.07) is -0.637. The van der Waals surface area contributed by atoms with Gasteiger partial charge in [-0.2, -0.15) is 0 Å². The van der Waals surface area contributed by atoms with Gasteiger partial charge >= 0.3 is 5.97 Å². The molecule has 0 radical (unpaired) electrons. The number of carbonyl (C=O) groups is 2. The second kappa shape index (κ2) is 60.4. The van der Waals surface area contributed by atoms with E-state index in [0.717, 1.165) is 64.2 Å². The highest BCUT2D eigenvalue weighted by Crippen LogP contribution is 2.17. The standard InChI is InChI=1S/C65H121NO5/c1-3-5-7-9-11-13-15-17-19-20-21-22-24-27-30-33-37-41-45-49-53-57-63(68)62(61-67)66-64(69)58-54-50-46-42-38-34-31-28-25-23-26-29-32-36-40-44-48-52-56-60-71-65(70)59-55-51-47-43-39-35-18-16-14-12-10-8-6-4-2/h10,12,16,18,23,25,53,57,62-63,67-68H,3-9,11,13-15,17,19-22,24,26-52,54-56,58-61H2,1-2H3,(H,66,69)/b12-10-,18-16-,25-23-,57-53+. The molecule has 0 saturated carbocycles. The van der Waals surface area contributed by atoms with Crippen molar-refractivity contribution in [3.05, 3.63) is 48.6 Å². The lowest BCUT2D eigenvalue weighted by atomic mass is 10.0. The lowest BCUT2D eigenvalue weighted by Gasteiger charge is -2.20. The van der Waals surface area contributed by atoms with Crippen LogP contribution in [0.15, 0.2) is 48.6 Å². The van der Waals surface area contributed by atoms with Gasteiger partial charge in [0, 0.05) is 12.8 Å². The number of esters is 1. The van der Waals surface area contributed by atoms with Gasteiger partial charge in [-0.1, -0.05) is 281 Å². The van der Waals surface area contributed by atoms with Gasteiger partial charge in [-0.05, 0) is 83.5 Å². The second-order valence-corrected chi connectivity index (χ2v) is 21.4. The van der Waals surface area contributed by atoms with Crippen LogP contribution in [0.2, 0.25) is 0 Å². The van der Waals surface area contributed by atoms with Gasteiger partial charge in [0.05, 0.1) is 25.4 Å². The molecule has 71 heavy (non-hydrogen) atoms. The molecular formula is C65H121NO5. The molecule has 6 nitrogen and oxygen atoms in total. The number of hydrogen-bond donors (Lipinski definition) is 3. The SMILES string of the molecule is CCCC/C=C\C/C=C\CCCCCCCC(=O)OCCCCCCCCCC/C=C\CCCCCCCCCC(=O)NC(CO)C(O)/C=C/CCCCCCCCCCCCCCCCCCCCC. The smallest absolute Gasteiger partial charge is 0.305 e. The molecule has 2 atom stereocenters. The first-order valence-electron chi connectivity index (χ1n) is 31.4. The van der Waals surface area contributed by atoms with Crippen molar-refractivity contribution in [2.75, 3.05) is 13.2 Å². The molecule has 0 aliphatic carbocycles. The summed E-state index contributed by atoms with van der Waals surface area (Å²) in [5, 5.41) is 23.2. The number of rotatable bonds is 58. The summed E-state index contributed by atoms with van der Waals surface area (Å²) >= 11 is 0. The molecule has 0 aliphatic rings. The summed E-state index contributed by atoms with van der Waals surface area (Å²) in [5.74, 6) is -0.0876. The molecule has 0 aliphatic heterocycles. The van der Waals surface area contributed by atoms with Gasteiger partial charge in [-0.3, -0.25) is 9.59 Å². The molecule has 0 fully saturated rings. The van der Waals surface area contributed by atoms with Crippen molar-refractivity contribution < 1.29 is 24.5 Å². The van der Waals surface area contributed by atoms with E-state index in [1.807, 2.05) is 6.08 Å². The maximum atomic E-state index is 12.5. The Kier molecular flexibility index (Phi) is 58.5. The van der Waals surface area contributed by atoms with Crippen molar-refractivity contribution in [1.82, 2.24) is 5.32 Å².